The summed E-state index contributed by atoms with van der Waals surface area (Å²) in [6.45, 7) is 1.55. The van der Waals surface area contributed by atoms with Gasteiger partial charge in [0.2, 0.25) is 0 Å². The van der Waals surface area contributed by atoms with Crippen molar-refractivity contribution in [3.05, 3.63) is 37.9 Å². The second-order valence-corrected chi connectivity index (χ2v) is 9.07. The molecule has 0 heterocycles. The molecule has 0 unspecified atom stereocenters. The lowest BCUT2D eigenvalue weighted by Crippen LogP contribution is -2.37. The molecule has 32 heavy (non-hydrogen) atoms. The van der Waals surface area contributed by atoms with Crippen molar-refractivity contribution in [2.45, 2.75) is 19.8 Å². The van der Waals surface area contributed by atoms with Crippen LogP contribution in [0.3, 0.4) is 0 Å². The standard InChI is InChI=1S/C17H25BrN4O9S/c1-2-5-20(8-9-23)17(24)14-11-13(21(25)26)12-15(22(27)28)16(14)19(7-4-18)6-3-10-32(29,30)31/h11-12,23H,2-10H2,1H3,(H,29,30,31). The Bertz CT molecular complexity index is 936. The van der Waals surface area contributed by atoms with Crippen LogP contribution in [0.2, 0.25) is 0 Å². The summed E-state index contributed by atoms with van der Waals surface area (Å²) >= 11 is 3.20. The van der Waals surface area contributed by atoms with E-state index >= 15 is 0 Å². The topological polar surface area (TPSA) is 184 Å². The highest BCUT2D eigenvalue weighted by molar-refractivity contribution is 9.09. The Hall–Kier alpha value is -2.36. The third-order valence-electron chi connectivity index (χ3n) is 4.36. The lowest BCUT2D eigenvalue weighted by molar-refractivity contribution is -0.393. The molecule has 0 aliphatic heterocycles. The molecular weight excluding hydrogens is 516 g/mol. The van der Waals surface area contributed by atoms with Crippen molar-refractivity contribution in [3.8, 4) is 0 Å². The summed E-state index contributed by atoms with van der Waals surface area (Å²) in [5.74, 6) is -1.35. The highest BCUT2D eigenvalue weighted by Crippen LogP contribution is 2.37. The molecule has 0 saturated heterocycles. The molecule has 0 fully saturated rings. The van der Waals surface area contributed by atoms with E-state index in [9.17, 15) is 38.5 Å². The molecule has 0 radical (unpaired) electrons. The Labute approximate surface area is 193 Å². The van der Waals surface area contributed by atoms with Crippen molar-refractivity contribution in [2.24, 2.45) is 0 Å². The molecule has 2 N–H and O–H groups in total. The average molecular weight is 541 g/mol. The van der Waals surface area contributed by atoms with Gasteiger partial charge in [0.15, 0.2) is 0 Å². The molecule has 0 bridgehead atoms. The minimum absolute atomic E-state index is 0.0796. The SMILES string of the molecule is CCCN(CCO)C(=O)c1cc([N+](=O)[O-])cc([N+](=O)[O-])c1N(CCBr)CCCS(=O)(=O)O. The molecular formula is C17H25BrN4O9S. The zero-order valence-corrected chi connectivity index (χ0v) is 19.7. The Morgan fingerprint density at radius 3 is 2.25 bits per heavy atom. The van der Waals surface area contributed by atoms with Gasteiger partial charge in [0.25, 0.3) is 27.4 Å². The molecule has 1 aromatic rings. The second-order valence-electron chi connectivity index (χ2n) is 6.71. The first-order chi connectivity index (χ1) is 15.0. The summed E-state index contributed by atoms with van der Waals surface area (Å²) in [5.41, 5.74) is -1.84. The Kier molecular flexibility index (Phi) is 10.9. The summed E-state index contributed by atoms with van der Waals surface area (Å²) in [6.07, 6.45) is 0.403. The highest BCUT2D eigenvalue weighted by atomic mass is 79.9. The fourth-order valence-corrected chi connectivity index (χ4v) is 4.02. The summed E-state index contributed by atoms with van der Waals surface area (Å²) in [4.78, 5) is 37.3. The van der Waals surface area contributed by atoms with Gasteiger partial charge in [-0.1, -0.05) is 22.9 Å². The minimum atomic E-state index is -4.28. The largest absolute Gasteiger partial charge is 0.395 e. The average Bonchev–Trinajstić information content (AvgIpc) is 2.70. The third kappa shape index (κ3) is 7.96. The molecule has 1 rings (SSSR count). The van der Waals surface area contributed by atoms with Crippen molar-refractivity contribution in [2.75, 3.05) is 48.8 Å². The number of nitro benzene ring substituents is 2. The normalized spacial score (nSPS) is 11.2. The van der Waals surface area contributed by atoms with E-state index in [1.807, 2.05) is 0 Å². The van der Waals surface area contributed by atoms with Gasteiger partial charge in [0.1, 0.15) is 5.69 Å². The molecule has 0 saturated carbocycles. The van der Waals surface area contributed by atoms with Gasteiger partial charge in [-0.2, -0.15) is 8.42 Å². The van der Waals surface area contributed by atoms with Crippen molar-refractivity contribution in [3.63, 3.8) is 0 Å². The molecule has 0 aliphatic carbocycles. The summed E-state index contributed by atoms with van der Waals surface area (Å²) in [7, 11) is -4.28. The second kappa shape index (κ2) is 12.6. The van der Waals surface area contributed by atoms with Gasteiger partial charge in [0, 0.05) is 37.6 Å². The van der Waals surface area contributed by atoms with Crippen LogP contribution >= 0.6 is 15.9 Å². The molecule has 180 valence electrons. The Morgan fingerprint density at radius 2 is 1.78 bits per heavy atom. The van der Waals surface area contributed by atoms with E-state index in [0.29, 0.717) is 6.42 Å². The van der Waals surface area contributed by atoms with E-state index in [2.05, 4.69) is 15.9 Å². The van der Waals surface area contributed by atoms with Crippen LogP contribution in [-0.4, -0.2) is 82.6 Å². The van der Waals surface area contributed by atoms with Gasteiger partial charge >= 0.3 is 0 Å². The summed E-state index contributed by atoms with van der Waals surface area (Å²) in [5, 5.41) is 32.7. The predicted molar refractivity (Wildman–Crippen MR) is 120 cm³/mol. The molecule has 1 amide bonds. The number of non-ortho nitro benzene ring substituents is 1. The predicted octanol–water partition coefficient (Wildman–Crippen LogP) is 1.83. The number of benzene rings is 1. The number of alkyl halides is 1. The number of rotatable bonds is 14. The molecule has 15 heteroatoms. The van der Waals surface area contributed by atoms with Gasteiger partial charge in [-0.25, -0.2) is 0 Å². The number of nitrogens with zero attached hydrogens (tertiary/aromatic N) is 4. The number of aliphatic hydroxyl groups is 1. The highest BCUT2D eigenvalue weighted by Gasteiger charge is 2.32. The zero-order chi connectivity index (χ0) is 24.5. The lowest BCUT2D eigenvalue weighted by atomic mass is 10.1. The summed E-state index contributed by atoms with van der Waals surface area (Å²) in [6, 6.07) is 1.68. The molecule has 0 aliphatic rings. The van der Waals surface area contributed by atoms with Crippen molar-refractivity contribution < 1.29 is 32.7 Å². The van der Waals surface area contributed by atoms with Crippen molar-refractivity contribution >= 4 is 49.0 Å². The summed E-state index contributed by atoms with van der Waals surface area (Å²) < 4.78 is 31.1. The Balaban J connectivity index is 3.70. The smallest absolute Gasteiger partial charge is 0.300 e. The zero-order valence-electron chi connectivity index (χ0n) is 17.3. The number of aliphatic hydroxyl groups excluding tert-OH is 1. The third-order valence-corrected chi connectivity index (χ3v) is 5.52. The number of anilines is 1. The first kappa shape index (κ1) is 27.7. The quantitative estimate of drug-likeness (QED) is 0.152. The van der Waals surface area contributed by atoms with E-state index in [1.165, 1.54) is 9.80 Å². The van der Waals surface area contributed by atoms with Crippen LogP contribution in [0, 0.1) is 20.2 Å². The van der Waals surface area contributed by atoms with E-state index in [-0.39, 0.29) is 55.8 Å². The van der Waals surface area contributed by atoms with E-state index < -0.39 is 43.0 Å². The number of halogens is 1. The van der Waals surface area contributed by atoms with Crippen LogP contribution in [0.15, 0.2) is 12.1 Å². The fraction of sp³-hybridized carbons (Fsp3) is 0.588. The van der Waals surface area contributed by atoms with E-state index in [0.717, 1.165) is 12.1 Å². The number of amides is 1. The van der Waals surface area contributed by atoms with Crippen LogP contribution in [0.4, 0.5) is 17.1 Å². The van der Waals surface area contributed by atoms with Gasteiger partial charge < -0.3 is 14.9 Å². The Morgan fingerprint density at radius 1 is 1.12 bits per heavy atom. The van der Waals surface area contributed by atoms with Gasteiger partial charge in [0.05, 0.1) is 33.8 Å². The van der Waals surface area contributed by atoms with Gasteiger partial charge in [-0.05, 0) is 12.8 Å². The maximum atomic E-state index is 13.2. The first-order valence-electron chi connectivity index (χ1n) is 9.59. The van der Waals surface area contributed by atoms with Crippen LogP contribution in [0.25, 0.3) is 0 Å². The van der Waals surface area contributed by atoms with E-state index in [1.54, 1.807) is 6.92 Å². The maximum Gasteiger partial charge on any atom is 0.300 e. The van der Waals surface area contributed by atoms with Crippen LogP contribution in [0.5, 0.6) is 0 Å². The van der Waals surface area contributed by atoms with E-state index in [4.69, 9.17) is 4.55 Å². The molecule has 13 nitrogen and oxygen atoms in total. The number of nitro groups is 2. The monoisotopic (exact) mass is 540 g/mol. The minimum Gasteiger partial charge on any atom is -0.395 e. The number of carbonyl (C=O) groups is 1. The molecule has 0 atom stereocenters. The van der Waals surface area contributed by atoms with Gasteiger partial charge in [-0.3, -0.25) is 29.6 Å². The molecule has 0 spiro atoms. The maximum absolute atomic E-state index is 13.2. The van der Waals surface area contributed by atoms with Crippen molar-refractivity contribution in [1.82, 2.24) is 4.90 Å². The first-order valence-corrected chi connectivity index (χ1v) is 12.3. The van der Waals surface area contributed by atoms with Crippen LogP contribution in [0.1, 0.15) is 30.1 Å². The van der Waals surface area contributed by atoms with Crippen LogP contribution < -0.4 is 4.90 Å². The molecule has 1 aromatic carbocycles. The lowest BCUT2D eigenvalue weighted by Gasteiger charge is -2.28. The number of hydrogen-bond acceptors (Lipinski definition) is 9. The number of hydrogen-bond donors (Lipinski definition) is 2. The molecule has 0 aromatic heterocycles. The number of carbonyl (C=O) groups excluding carboxylic acids is 1. The van der Waals surface area contributed by atoms with Crippen molar-refractivity contribution in [1.29, 1.82) is 0 Å². The fourth-order valence-electron chi connectivity index (χ4n) is 3.10. The van der Waals surface area contributed by atoms with Gasteiger partial charge in [-0.15, -0.1) is 0 Å². The van der Waals surface area contributed by atoms with Crippen LogP contribution in [-0.2, 0) is 10.1 Å².